The minimum Gasteiger partial charge on any atom is -0.504 e. The lowest BCUT2D eigenvalue weighted by atomic mass is 9.86. The van der Waals surface area contributed by atoms with Gasteiger partial charge in [0.05, 0.1) is 12.7 Å². The average Bonchev–Trinajstić information content (AvgIpc) is 2.34. The molecule has 0 bridgehead atoms. The average molecular weight is 260 g/mol. The number of fused-ring (bicyclic) bond motifs is 1. The van der Waals surface area contributed by atoms with E-state index in [0.29, 0.717) is 0 Å². The van der Waals surface area contributed by atoms with Crippen LogP contribution in [0.3, 0.4) is 0 Å². The summed E-state index contributed by atoms with van der Waals surface area (Å²) in [6.07, 6.45) is 1.03. The van der Waals surface area contributed by atoms with Crippen LogP contribution in [0, 0.1) is 0 Å². The number of allylic oxidation sites excluding steroid dienone is 2. The Morgan fingerprint density at radius 3 is 2.58 bits per heavy atom. The Hall–Kier alpha value is -2.43. The molecule has 0 saturated heterocycles. The minimum absolute atomic E-state index is 0.0913. The van der Waals surface area contributed by atoms with E-state index in [-0.39, 0.29) is 40.4 Å². The number of Topliss-reactive ketones (excluding diaryl/α,β-unsaturated/α-hetero) is 2. The molecule has 5 heteroatoms. The molecular weight excluding hydrogens is 248 g/mol. The number of ether oxygens (including phenoxy) is 1. The van der Waals surface area contributed by atoms with E-state index in [4.69, 9.17) is 4.74 Å². The first-order valence-electron chi connectivity index (χ1n) is 5.64. The number of phenols is 1. The molecule has 0 atom stereocenters. The molecular formula is C14H12O5. The summed E-state index contributed by atoms with van der Waals surface area (Å²) in [4.78, 5) is 35.2. The summed E-state index contributed by atoms with van der Waals surface area (Å²) in [7, 11) is 1.35. The number of rotatable bonds is 3. The van der Waals surface area contributed by atoms with Crippen LogP contribution in [0.2, 0.25) is 0 Å². The fraction of sp³-hybridized carbons (Fsp3) is 0.214. The van der Waals surface area contributed by atoms with Gasteiger partial charge in [-0.05, 0) is 25.1 Å². The van der Waals surface area contributed by atoms with E-state index < -0.39 is 11.6 Å². The van der Waals surface area contributed by atoms with Crippen LogP contribution in [-0.4, -0.2) is 29.6 Å². The van der Waals surface area contributed by atoms with Crippen molar-refractivity contribution < 1.29 is 24.2 Å². The molecule has 1 aromatic carbocycles. The molecule has 0 amide bonds. The first-order chi connectivity index (χ1) is 8.95. The van der Waals surface area contributed by atoms with E-state index in [1.807, 2.05) is 0 Å². The fourth-order valence-electron chi connectivity index (χ4n) is 2.03. The highest BCUT2D eigenvalue weighted by molar-refractivity contribution is 6.26. The highest BCUT2D eigenvalue weighted by atomic mass is 16.5. The summed E-state index contributed by atoms with van der Waals surface area (Å²) >= 11 is 0. The zero-order valence-electron chi connectivity index (χ0n) is 10.5. The van der Waals surface area contributed by atoms with Crippen molar-refractivity contribution in [3.05, 3.63) is 34.9 Å². The normalized spacial score (nSPS) is 13.9. The van der Waals surface area contributed by atoms with Crippen molar-refractivity contribution in [2.45, 2.75) is 13.3 Å². The van der Waals surface area contributed by atoms with Crippen LogP contribution in [-0.2, 0) is 4.79 Å². The number of methoxy groups -OCH3 is 1. The summed E-state index contributed by atoms with van der Waals surface area (Å²) in [5, 5.41) is 9.96. The Labute approximate surface area is 109 Å². The molecule has 0 saturated carbocycles. The number of ketones is 3. The lowest BCUT2D eigenvalue weighted by molar-refractivity contribution is -0.116. The SMILES string of the molecule is COc1ccc2c(c1O)C(=O)C(CC(C)=O)=CC2=O. The van der Waals surface area contributed by atoms with Crippen LogP contribution in [0.25, 0.3) is 0 Å². The summed E-state index contributed by atoms with van der Waals surface area (Å²) < 4.78 is 4.91. The van der Waals surface area contributed by atoms with Gasteiger partial charge in [0, 0.05) is 17.6 Å². The third-order valence-electron chi connectivity index (χ3n) is 2.89. The smallest absolute Gasteiger partial charge is 0.194 e. The van der Waals surface area contributed by atoms with Crippen LogP contribution in [0.15, 0.2) is 23.8 Å². The van der Waals surface area contributed by atoms with E-state index in [1.54, 1.807) is 0 Å². The molecule has 1 aliphatic rings. The summed E-state index contributed by atoms with van der Waals surface area (Å²) in [5.41, 5.74) is 0.118. The molecule has 1 N–H and O–H groups in total. The summed E-state index contributed by atoms with van der Waals surface area (Å²) in [6.45, 7) is 1.33. The third-order valence-corrected chi connectivity index (χ3v) is 2.89. The van der Waals surface area contributed by atoms with E-state index >= 15 is 0 Å². The van der Waals surface area contributed by atoms with Crippen molar-refractivity contribution in [2.24, 2.45) is 0 Å². The molecule has 19 heavy (non-hydrogen) atoms. The number of aromatic hydroxyl groups is 1. The predicted molar refractivity (Wildman–Crippen MR) is 66.7 cm³/mol. The summed E-state index contributed by atoms with van der Waals surface area (Å²) in [5.74, 6) is -1.39. The van der Waals surface area contributed by atoms with Gasteiger partial charge in [-0.3, -0.25) is 14.4 Å². The monoisotopic (exact) mass is 260 g/mol. The molecule has 98 valence electrons. The van der Waals surface area contributed by atoms with E-state index in [2.05, 4.69) is 0 Å². The second-order valence-electron chi connectivity index (χ2n) is 4.28. The Balaban J connectivity index is 2.58. The van der Waals surface area contributed by atoms with Crippen molar-refractivity contribution in [2.75, 3.05) is 7.11 Å². The highest BCUT2D eigenvalue weighted by Crippen LogP contribution is 2.36. The maximum absolute atomic E-state index is 12.2. The Morgan fingerprint density at radius 2 is 2.00 bits per heavy atom. The van der Waals surface area contributed by atoms with Crippen LogP contribution < -0.4 is 4.74 Å². The Morgan fingerprint density at radius 1 is 1.32 bits per heavy atom. The zero-order valence-corrected chi connectivity index (χ0v) is 10.5. The quantitative estimate of drug-likeness (QED) is 0.894. The van der Waals surface area contributed by atoms with Gasteiger partial charge in [0.25, 0.3) is 0 Å². The molecule has 0 aromatic heterocycles. The maximum Gasteiger partial charge on any atom is 0.194 e. The molecule has 1 aliphatic carbocycles. The molecule has 0 heterocycles. The highest BCUT2D eigenvalue weighted by Gasteiger charge is 2.30. The van der Waals surface area contributed by atoms with E-state index in [0.717, 1.165) is 6.08 Å². The Bertz CT molecular complexity index is 625. The molecule has 1 aromatic rings. The minimum atomic E-state index is -0.513. The van der Waals surface area contributed by atoms with Crippen LogP contribution in [0.4, 0.5) is 0 Å². The van der Waals surface area contributed by atoms with E-state index in [9.17, 15) is 19.5 Å². The van der Waals surface area contributed by atoms with Gasteiger partial charge >= 0.3 is 0 Å². The van der Waals surface area contributed by atoms with Gasteiger partial charge in [0.15, 0.2) is 23.1 Å². The Kier molecular flexibility index (Phi) is 3.21. The fourth-order valence-corrected chi connectivity index (χ4v) is 2.03. The molecule has 5 nitrogen and oxygen atoms in total. The number of hydrogen-bond acceptors (Lipinski definition) is 5. The molecule has 2 rings (SSSR count). The van der Waals surface area contributed by atoms with Gasteiger partial charge in [0.2, 0.25) is 0 Å². The molecule has 0 fully saturated rings. The van der Waals surface area contributed by atoms with Gasteiger partial charge in [0.1, 0.15) is 5.78 Å². The van der Waals surface area contributed by atoms with Crippen LogP contribution in [0.1, 0.15) is 34.1 Å². The standard InChI is InChI=1S/C14H12O5/c1-7(15)5-8-6-10(16)9-3-4-11(19-2)14(18)12(9)13(8)17/h3-4,6,18H,5H2,1-2H3. The van der Waals surface area contributed by atoms with Crippen LogP contribution >= 0.6 is 0 Å². The molecule has 0 aliphatic heterocycles. The van der Waals surface area contributed by atoms with Gasteiger partial charge in [-0.25, -0.2) is 0 Å². The zero-order chi connectivity index (χ0) is 14.2. The van der Waals surface area contributed by atoms with Gasteiger partial charge in [-0.1, -0.05) is 0 Å². The number of benzene rings is 1. The van der Waals surface area contributed by atoms with Gasteiger partial charge in [-0.2, -0.15) is 0 Å². The van der Waals surface area contributed by atoms with Crippen molar-refractivity contribution in [1.82, 2.24) is 0 Å². The number of hydrogen-bond donors (Lipinski definition) is 1. The summed E-state index contributed by atoms with van der Waals surface area (Å²) in [6, 6.07) is 2.85. The van der Waals surface area contributed by atoms with E-state index in [1.165, 1.54) is 26.2 Å². The molecule has 0 radical (unpaired) electrons. The largest absolute Gasteiger partial charge is 0.504 e. The first kappa shape index (κ1) is 13.0. The second-order valence-corrected chi connectivity index (χ2v) is 4.28. The lowest BCUT2D eigenvalue weighted by Crippen LogP contribution is -2.18. The second kappa shape index (κ2) is 4.68. The topological polar surface area (TPSA) is 80.7 Å². The lowest BCUT2D eigenvalue weighted by Gasteiger charge is -2.17. The number of phenolic OH excluding ortho intramolecular Hbond substituents is 1. The van der Waals surface area contributed by atoms with Gasteiger partial charge < -0.3 is 9.84 Å². The number of carbonyl (C=O) groups is 3. The molecule has 0 unspecified atom stereocenters. The number of carbonyl (C=O) groups excluding carboxylic acids is 3. The van der Waals surface area contributed by atoms with Crippen molar-refractivity contribution in [1.29, 1.82) is 0 Å². The van der Waals surface area contributed by atoms with Crippen molar-refractivity contribution in [3.8, 4) is 11.5 Å². The predicted octanol–water partition coefficient (Wildman–Crippen LogP) is 1.69. The molecule has 0 spiro atoms. The van der Waals surface area contributed by atoms with Crippen LogP contribution in [0.5, 0.6) is 11.5 Å². The third kappa shape index (κ3) is 2.14. The van der Waals surface area contributed by atoms with Crippen molar-refractivity contribution >= 4 is 17.3 Å². The van der Waals surface area contributed by atoms with Gasteiger partial charge in [-0.15, -0.1) is 0 Å². The maximum atomic E-state index is 12.2. The van der Waals surface area contributed by atoms with Crippen molar-refractivity contribution in [3.63, 3.8) is 0 Å². The first-order valence-corrected chi connectivity index (χ1v) is 5.64.